The molecule has 124 valence electrons. The number of amides is 1. The van der Waals surface area contributed by atoms with Gasteiger partial charge in [0.1, 0.15) is 0 Å². The van der Waals surface area contributed by atoms with Gasteiger partial charge in [-0.3, -0.25) is 9.80 Å². The molecule has 0 radical (unpaired) electrons. The van der Waals surface area contributed by atoms with Crippen molar-refractivity contribution in [2.24, 2.45) is 10.8 Å². The van der Waals surface area contributed by atoms with Crippen molar-refractivity contribution in [3.63, 3.8) is 0 Å². The van der Waals surface area contributed by atoms with Crippen molar-refractivity contribution in [2.45, 2.75) is 24.7 Å². The standard InChI is InChI=1S/C16H16N4O3S/c1-2-10-7-13(16(22)23)18-14(20(10)17)8-24-11-3-4-12-9(5-11)6-15(21)19-12/h3-5,7-8H,2,6,17H2,1H3,(H,19,21)(H,22,23)/b14-8-. The number of nitrogens with one attached hydrogen (secondary N) is 1. The molecule has 2 aliphatic rings. The van der Waals surface area contributed by atoms with Crippen molar-refractivity contribution in [3.8, 4) is 0 Å². The predicted octanol–water partition coefficient (Wildman–Crippen LogP) is 2.08. The van der Waals surface area contributed by atoms with Gasteiger partial charge in [-0.25, -0.2) is 15.6 Å². The summed E-state index contributed by atoms with van der Waals surface area (Å²) in [7, 11) is 0. The number of aliphatic carboxylic acids is 1. The summed E-state index contributed by atoms with van der Waals surface area (Å²) in [6, 6.07) is 5.66. The van der Waals surface area contributed by atoms with Crippen LogP contribution in [0.3, 0.4) is 0 Å². The molecule has 2 heterocycles. The Morgan fingerprint density at radius 1 is 1.54 bits per heavy atom. The van der Waals surface area contributed by atoms with E-state index in [1.54, 1.807) is 5.41 Å². The lowest BCUT2D eigenvalue weighted by atomic mass is 10.2. The van der Waals surface area contributed by atoms with Gasteiger partial charge >= 0.3 is 5.97 Å². The van der Waals surface area contributed by atoms with Gasteiger partial charge in [0.15, 0.2) is 11.5 Å². The molecule has 0 fully saturated rings. The van der Waals surface area contributed by atoms with Gasteiger partial charge < -0.3 is 10.4 Å². The van der Waals surface area contributed by atoms with E-state index in [-0.39, 0.29) is 11.6 Å². The number of carboxylic acids is 1. The van der Waals surface area contributed by atoms with E-state index in [1.165, 1.54) is 22.8 Å². The van der Waals surface area contributed by atoms with Crippen molar-refractivity contribution in [3.05, 3.63) is 46.8 Å². The number of carboxylic acid groups (broad SMARTS) is 1. The second-order valence-corrected chi connectivity index (χ2v) is 6.24. The number of carbonyl (C=O) groups excluding carboxylic acids is 1. The van der Waals surface area contributed by atoms with Gasteiger partial charge in [-0.1, -0.05) is 18.7 Å². The van der Waals surface area contributed by atoms with Crippen LogP contribution in [-0.4, -0.2) is 27.7 Å². The first-order valence-electron chi connectivity index (χ1n) is 7.35. The number of rotatable bonds is 4. The van der Waals surface area contributed by atoms with Gasteiger partial charge in [0.2, 0.25) is 5.91 Å². The molecule has 4 N–H and O–H groups in total. The molecule has 1 aromatic rings. The maximum atomic E-state index is 11.4. The number of nitrogens with zero attached hydrogens (tertiary/aromatic N) is 2. The number of fused-ring (bicyclic) bond motifs is 1. The maximum absolute atomic E-state index is 11.4. The number of hydrogen-bond acceptors (Lipinski definition) is 6. The molecular weight excluding hydrogens is 328 g/mol. The molecule has 1 aromatic carbocycles. The lowest BCUT2D eigenvalue weighted by Crippen LogP contribution is -2.33. The number of allylic oxidation sites excluding steroid dienone is 1. The Morgan fingerprint density at radius 2 is 2.33 bits per heavy atom. The van der Waals surface area contributed by atoms with E-state index < -0.39 is 5.97 Å². The van der Waals surface area contributed by atoms with Crippen molar-refractivity contribution >= 4 is 35.0 Å². The third kappa shape index (κ3) is 3.19. The van der Waals surface area contributed by atoms with Crippen molar-refractivity contribution in [1.82, 2.24) is 5.01 Å². The van der Waals surface area contributed by atoms with Crippen LogP contribution in [0, 0.1) is 0 Å². The monoisotopic (exact) mass is 344 g/mol. The van der Waals surface area contributed by atoms with Crippen LogP contribution in [0.4, 0.5) is 5.69 Å². The summed E-state index contributed by atoms with van der Waals surface area (Å²) in [5.41, 5.74) is 2.42. The minimum absolute atomic E-state index is 0.0145. The molecule has 0 spiro atoms. The lowest BCUT2D eigenvalue weighted by Gasteiger charge is -2.24. The Morgan fingerprint density at radius 3 is 3.04 bits per heavy atom. The first-order valence-corrected chi connectivity index (χ1v) is 8.23. The quantitative estimate of drug-likeness (QED) is 0.570. The number of thioether (sulfide) groups is 1. The summed E-state index contributed by atoms with van der Waals surface area (Å²) in [6.07, 6.45) is 2.43. The van der Waals surface area contributed by atoms with Gasteiger partial charge in [0.25, 0.3) is 0 Å². The number of hydrogen-bond donors (Lipinski definition) is 3. The van der Waals surface area contributed by atoms with E-state index in [0.717, 1.165) is 16.1 Å². The minimum atomic E-state index is -1.09. The molecular formula is C16H16N4O3S. The number of nitrogens with two attached hydrogens (primary N) is 1. The molecule has 0 saturated carbocycles. The Bertz CT molecular complexity index is 814. The van der Waals surface area contributed by atoms with Crippen molar-refractivity contribution < 1.29 is 14.7 Å². The molecule has 0 bridgehead atoms. The van der Waals surface area contributed by atoms with Crippen molar-refractivity contribution in [2.75, 3.05) is 5.32 Å². The Hall–Kier alpha value is -2.58. The molecule has 1 amide bonds. The van der Waals surface area contributed by atoms with Gasteiger partial charge in [-0.05, 0) is 36.3 Å². The van der Waals surface area contributed by atoms with E-state index in [2.05, 4.69) is 10.3 Å². The fourth-order valence-corrected chi connectivity index (χ4v) is 3.21. The van der Waals surface area contributed by atoms with E-state index in [9.17, 15) is 9.59 Å². The highest BCUT2D eigenvalue weighted by Gasteiger charge is 2.20. The van der Waals surface area contributed by atoms with Crippen LogP contribution in [0.15, 0.2) is 51.1 Å². The zero-order chi connectivity index (χ0) is 17.3. The number of anilines is 1. The summed E-state index contributed by atoms with van der Waals surface area (Å²) in [6.45, 7) is 1.89. The van der Waals surface area contributed by atoms with Gasteiger partial charge in [0.05, 0.1) is 6.42 Å². The number of carbonyl (C=O) groups is 2. The summed E-state index contributed by atoms with van der Waals surface area (Å²) in [5, 5.41) is 15.0. The molecule has 0 unspecified atom stereocenters. The van der Waals surface area contributed by atoms with Crippen molar-refractivity contribution in [1.29, 1.82) is 0 Å². The summed E-state index contributed by atoms with van der Waals surface area (Å²) >= 11 is 1.37. The number of hydrazine groups is 1. The number of benzene rings is 1. The maximum Gasteiger partial charge on any atom is 0.354 e. The van der Waals surface area contributed by atoms with Gasteiger partial charge in [-0.2, -0.15) is 0 Å². The highest BCUT2D eigenvalue weighted by Crippen LogP contribution is 2.31. The lowest BCUT2D eigenvalue weighted by molar-refractivity contribution is -0.129. The number of aliphatic imine (C=N–C) groups is 1. The van der Waals surface area contributed by atoms with Crippen LogP contribution in [0.5, 0.6) is 0 Å². The van der Waals surface area contributed by atoms with Crippen LogP contribution in [-0.2, 0) is 16.0 Å². The zero-order valence-electron chi connectivity index (χ0n) is 12.9. The van der Waals surface area contributed by atoms with E-state index >= 15 is 0 Å². The largest absolute Gasteiger partial charge is 0.477 e. The topological polar surface area (TPSA) is 108 Å². The second kappa shape index (κ2) is 6.50. The Labute approximate surface area is 142 Å². The van der Waals surface area contributed by atoms with E-state index in [0.29, 0.717) is 24.4 Å². The first-order chi connectivity index (χ1) is 11.5. The van der Waals surface area contributed by atoms with E-state index in [1.807, 2.05) is 25.1 Å². The van der Waals surface area contributed by atoms with Crippen LogP contribution in [0.1, 0.15) is 18.9 Å². The summed E-state index contributed by atoms with van der Waals surface area (Å²) in [4.78, 5) is 27.6. The SMILES string of the molecule is CCC1=CC(C(=O)O)=N/C(=C/Sc2ccc3c(c2)CC(=O)N3)N1N. The van der Waals surface area contributed by atoms with Crippen LogP contribution >= 0.6 is 11.8 Å². The second-order valence-electron chi connectivity index (χ2n) is 5.30. The average molecular weight is 344 g/mol. The first kappa shape index (κ1) is 16.3. The smallest absolute Gasteiger partial charge is 0.354 e. The van der Waals surface area contributed by atoms with E-state index in [4.69, 9.17) is 10.9 Å². The van der Waals surface area contributed by atoms with Crippen LogP contribution < -0.4 is 11.2 Å². The molecule has 0 aliphatic carbocycles. The fourth-order valence-electron chi connectivity index (χ4n) is 2.45. The molecule has 0 saturated heterocycles. The minimum Gasteiger partial charge on any atom is -0.477 e. The highest BCUT2D eigenvalue weighted by molar-refractivity contribution is 8.02. The third-order valence-corrected chi connectivity index (χ3v) is 4.53. The van der Waals surface area contributed by atoms with Crippen LogP contribution in [0.25, 0.3) is 0 Å². The summed E-state index contributed by atoms with van der Waals surface area (Å²) in [5.74, 6) is 5.26. The fraction of sp³-hybridized carbons (Fsp3) is 0.188. The molecule has 0 aromatic heterocycles. The van der Waals surface area contributed by atoms with Crippen LogP contribution in [0.2, 0.25) is 0 Å². The Kier molecular flexibility index (Phi) is 4.41. The average Bonchev–Trinajstić information content (AvgIpc) is 2.92. The molecule has 0 atom stereocenters. The molecule has 2 aliphatic heterocycles. The van der Waals surface area contributed by atoms with Gasteiger partial charge in [-0.15, -0.1) is 0 Å². The molecule has 24 heavy (non-hydrogen) atoms. The Balaban J connectivity index is 1.83. The summed E-state index contributed by atoms with van der Waals surface area (Å²) < 4.78 is 0. The third-order valence-electron chi connectivity index (χ3n) is 3.68. The molecule has 3 rings (SSSR count). The zero-order valence-corrected chi connectivity index (χ0v) is 13.8. The van der Waals surface area contributed by atoms with Gasteiger partial charge in [0, 0.05) is 21.7 Å². The molecule has 7 nitrogen and oxygen atoms in total. The molecule has 8 heteroatoms. The normalized spacial score (nSPS) is 18.2. The predicted molar refractivity (Wildman–Crippen MR) is 92.2 cm³/mol. The highest BCUT2D eigenvalue weighted by atomic mass is 32.2.